The van der Waals surface area contributed by atoms with Crippen LogP contribution in [0.2, 0.25) is 0 Å². The highest BCUT2D eigenvalue weighted by Gasteiger charge is 2.05. The number of aryl methyl sites for hydroxylation is 1. The van der Waals surface area contributed by atoms with Crippen LogP contribution in [0.5, 0.6) is 5.75 Å². The topological polar surface area (TPSA) is 33.0 Å². The maximum Gasteiger partial charge on any atom is 0.119 e. The summed E-state index contributed by atoms with van der Waals surface area (Å²) in [6.45, 7) is 5.29. The molecule has 0 spiro atoms. The molecule has 0 aliphatic heterocycles. The number of ether oxygens (including phenoxy) is 1. The molecular formula is C33H49NOS. The van der Waals surface area contributed by atoms with Gasteiger partial charge in [0.05, 0.1) is 18.2 Å². The van der Waals surface area contributed by atoms with E-state index in [9.17, 15) is 5.26 Å². The molecule has 0 bridgehead atoms. The third-order valence-electron chi connectivity index (χ3n) is 6.80. The summed E-state index contributed by atoms with van der Waals surface area (Å²) in [6.07, 6.45) is 24.5. The van der Waals surface area contributed by atoms with E-state index in [-0.39, 0.29) is 0 Å². The highest BCUT2D eigenvalue weighted by atomic mass is 32.1. The molecule has 1 heterocycles. The van der Waals surface area contributed by atoms with Gasteiger partial charge in [0.25, 0.3) is 0 Å². The molecule has 0 unspecified atom stereocenters. The van der Waals surface area contributed by atoms with Crippen molar-refractivity contribution in [1.82, 2.24) is 0 Å². The van der Waals surface area contributed by atoms with E-state index in [0.717, 1.165) is 35.6 Å². The monoisotopic (exact) mass is 507 g/mol. The molecule has 1 aromatic heterocycles. The summed E-state index contributed by atoms with van der Waals surface area (Å²) in [6, 6.07) is 14.8. The van der Waals surface area contributed by atoms with E-state index in [0.29, 0.717) is 5.57 Å². The van der Waals surface area contributed by atoms with Gasteiger partial charge in [-0.1, -0.05) is 104 Å². The molecule has 2 aromatic rings. The van der Waals surface area contributed by atoms with Gasteiger partial charge in [-0.15, -0.1) is 11.3 Å². The number of rotatable bonds is 21. The second kappa shape index (κ2) is 20.1. The lowest BCUT2D eigenvalue weighted by Gasteiger charge is -2.07. The van der Waals surface area contributed by atoms with Crippen molar-refractivity contribution in [2.24, 2.45) is 0 Å². The third kappa shape index (κ3) is 13.3. The summed E-state index contributed by atoms with van der Waals surface area (Å²) in [5, 5.41) is 9.74. The molecule has 0 fully saturated rings. The summed E-state index contributed by atoms with van der Waals surface area (Å²) in [7, 11) is 0. The van der Waals surface area contributed by atoms with Gasteiger partial charge in [-0.2, -0.15) is 5.26 Å². The lowest BCUT2D eigenvalue weighted by Crippen LogP contribution is -1.97. The predicted molar refractivity (Wildman–Crippen MR) is 159 cm³/mol. The molecule has 2 nitrogen and oxygen atoms in total. The van der Waals surface area contributed by atoms with Crippen molar-refractivity contribution in [2.75, 3.05) is 6.61 Å². The molecule has 0 aliphatic carbocycles. The molecule has 3 heteroatoms. The van der Waals surface area contributed by atoms with Crippen molar-refractivity contribution in [3.05, 3.63) is 51.7 Å². The van der Waals surface area contributed by atoms with Gasteiger partial charge in [0.15, 0.2) is 0 Å². The van der Waals surface area contributed by atoms with Crippen LogP contribution >= 0.6 is 11.3 Å². The minimum Gasteiger partial charge on any atom is -0.494 e. The zero-order valence-corrected chi connectivity index (χ0v) is 23.8. The summed E-state index contributed by atoms with van der Waals surface area (Å²) in [5.74, 6) is 0.888. The summed E-state index contributed by atoms with van der Waals surface area (Å²) in [4.78, 5) is 2.59. The molecular weight excluding hydrogens is 458 g/mol. The molecule has 1 aromatic carbocycles. The maximum atomic E-state index is 9.74. The first-order chi connectivity index (χ1) is 17.8. The van der Waals surface area contributed by atoms with E-state index in [1.165, 1.54) is 101 Å². The predicted octanol–water partition coefficient (Wildman–Crippen LogP) is 11.0. The van der Waals surface area contributed by atoms with Crippen molar-refractivity contribution in [1.29, 1.82) is 5.26 Å². The molecule has 0 radical (unpaired) electrons. The van der Waals surface area contributed by atoms with Crippen molar-refractivity contribution < 1.29 is 4.74 Å². The molecule has 36 heavy (non-hydrogen) atoms. The second-order valence-corrected chi connectivity index (χ2v) is 11.2. The van der Waals surface area contributed by atoms with Crippen LogP contribution in [0.1, 0.15) is 132 Å². The molecule has 2 rings (SSSR count). The van der Waals surface area contributed by atoms with Crippen molar-refractivity contribution in [2.45, 2.75) is 123 Å². The fraction of sp³-hybridized carbons (Fsp3) is 0.606. The fourth-order valence-electron chi connectivity index (χ4n) is 4.52. The van der Waals surface area contributed by atoms with Gasteiger partial charge in [-0.3, -0.25) is 0 Å². The Morgan fingerprint density at radius 1 is 0.722 bits per heavy atom. The Morgan fingerprint density at radius 2 is 1.28 bits per heavy atom. The number of hydrogen-bond donors (Lipinski definition) is 0. The second-order valence-electron chi connectivity index (χ2n) is 10.0. The first kappa shape index (κ1) is 30.2. The van der Waals surface area contributed by atoms with E-state index in [1.54, 1.807) is 0 Å². The lowest BCUT2D eigenvalue weighted by atomic mass is 10.1. The van der Waals surface area contributed by atoms with Crippen LogP contribution in [-0.2, 0) is 6.42 Å². The number of allylic oxidation sites excluding steroid dienone is 1. The average Bonchev–Trinajstić information content (AvgIpc) is 3.35. The van der Waals surface area contributed by atoms with Crippen molar-refractivity contribution in [3.8, 4) is 11.8 Å². The molecule has 0 saturated heterocycles. The summed E-state index contributed by atoms with van der Waals surface area (Å²) in [5.41, 5.74) is 1.67. The quantitative estimate of drug-likeness (QED) is 0.124. The van der Waals surface area contributed by atoms with Crippen LogP contribution in [0.3, 0.4) is 0 Å². The Kier molecular flexibility index (Phi) is 16.8. The lowest BCUT2D eigenvalue weighted by molar-refractivity contribution is 0.304. The minimum atomic E-state index is 0.713. The van der Waals surface area contributed by atoms with Gasteiger partial charge in [0.1, 0.15) is 5.75 Å². The van der Waals surface area contributed by atoms with E-state index < -0.39 is 0 Å². The first-order valence-corrected chi connectivity index (χ1v) is 15.5. The first-order valence-electron chi connectivity index (χ1n) is 14.7. The standard InChI is InChI=1S/C33H49NOS/c1-3-5-7-9-11-12-13-14-15-17-19-32-24-25-33(36-32)27-30(28-34)29-20-22-31(23-21-29)35-26-18-16-10-8-6-4-2/h20-25,27H,3-19,26H2,1-2H3/b30-27+. The molecule has 198 valence electrons. The summed E-state index contributed by atoms with van der Waals surface area (Å²) < 4.78 is 5.89. The Hall–Kier alpha value is -2.05. The van der Waals surface area contributed by atoms with Crippen LogP contribution in [-0.4, -0.2) is 6.61 Å². The molecule has 0 amide bonds. The number of hydrogen-bond acceptors (Lipinski definition) is 3. The fourth-order valence-corrected chi connectivity index (χ4v) is 5.52. The molecule has 0 atom stereocenters. The van der Waals surface area contributed by atoms with E-state index in [1.807, 2.05) is 41.7 Å². The van der Waals surface area contributed by atoms with Crippen LogP contribution in [0, 0.1) is 11.3 Å². The van der Waals surface area contributed by atoms with Gasteiger partial charge in [0.2, 0.25) is 0 Å². The van der Waals surface area contributed by atoms with Crippen LogP contribution in [0.15, 0.2) is 36.4 Å². The number of thiophene rings is 1. The zero-order chi connectivity index (χ0) is 25.7. The van der Waals surface area contributed by atoms with Crippen LogP contribution < -0.4 is 4.74 Å². The van der Waals surface area contributed by atoms with Gasteiger partial charge in [-0.05, 0) is 67.3 Å². The largest absolute Gasteiger partial charge is 0.494 e. The number of nitrogens with zero attached hydrogens (tertiary/aromatic N) is 1. The Morgan fingerprint density at radius 3 is 1.86 bits per heavy atom. The van der Waals surface area contributed by atoms with Crippen molar-refractivity contribution >= 4 is 23.0 Å². The zero-order valence-electron chi connectivity index (χ0n) is 23.0. The summed E-state index contributed by atoms with van der Waals surface area (Å²) >= 11 is 1.82. The highest BCUT2D eigenvalue weighted by molar-refractivity contribution is 7.12. The molecule has 0 saturated carbocycles. The normalized spacial score (nSPS) is 11.5. The smallest absolute Gasteiger partial charge is 0.119 e. The molecule has 0 aliphatic rings. The Labute approximate surface area is 225 Å². The SMILES string of the molecule is CCCCCCCCCCCCc1ccc(/C=C(\C#N)c2ccc(OCCCCCCCC)cc2)s1. The van der Waals surface area contributed by atoms with Gasteiger partial charge in [0, 0.05) is 9.75 Å². The number of unbranched alkanes of at least 4 members (excludes halogenated alkanes) is 14. The molecule has 0 N–H and O–H groups in total. The van der Waals surface area contributed by atoms with Gasteiger partial charge < -0.3 is 4.74 Å². The minimum absolute atomic E-state index is 0.713. The van der Waals surface area contributed by atoms with Gasteiger partial charge in [-0.25, -0.2) is 0 Å². The average molecular weight is 508 g/mol. The Balaban J connectivity index is 1.68. The van der Waals surface area contributed by atoms with Crippen LogP contribution in [0.25, 0.3) is 11.6 Å². The van der Waals surface area contributed by atoms with E-state index in [4.69, 9.17) is 4.74 Å². The van der Waals surface area contributed by atoms with E-state index >= 15 is 0 Å². The van der Waals surface area contributed by atoms with Gasteiger partial charge >= 0.3 is 0 Å². The van der Waals surface area contributed by atoms with E-state index in [2.05, 4.69) is 32.0 Å². The third-order valence-corrected chi connectivity index (χ3v) is 7.89. The highest BCUT2D eigenvalue weighted by Crippen LogP contribution is 2.26. The number of nitriles is 1. The Bertz CT molecular complexity index is 874. The van der Waals surface area contributed by atoms with Crippen LogP contribution in [0.4, 0.5) is 0 Å². The van der Waals surface area contributed by atoms with Crippen molar-refractivity contribution in [3.63, 3.8) is 0 Å². The maximum absolute atomic E-state index is 9.74. The number of benzene rings is 1.